The van der Waals surface area contributed by atoms with Gasteiger partial charge in [0.2, 0.25) is 5.95 Å². The maximum absolute atomic E-state index is 11.5. The van der Waals surface area contributed by atoms with E-state index >= 15 is 0 Å². The summed E-state index contributed by atoms with van der Waals surface area (Å²) in [5.74, 6) is 0.445. The van der Waals surface area contributed by atoms with Crippen molar-refractivity contribution in [3.63, 3.8) is 0 Å². The van der Waals surface area contributed by atoms with Crippen molar-refractivity contribution in [1.29, 1.82) is 0 Å². The molecule has 3 rings (SSSR count). The van der Waals surface area contributed by atoms with Crippen LogP contribution in [0.5, 0.6) is 0 Å². The number of anilines is 1. The Balaban J connectivity index is 1.67. The number of nitrogens with zero attached hydrogens (tertiary/aromatic N) is 4. The van der Waals surface area contributed by atoms with Crippen molar-refractivity contribution in [2.75, 3.05) is 25.1 Å². The number of methoxy groups -OCH3 is 1. The predicted octanol–water partition coefficient (Wildman–Crippen LogP) is 1.24. The highest BCUT2D eigenvalue weighted by Gasteiger charge is 2.21. The monoisotopic (exact) mass is 383 g/mol. The molecule has 148 valence electrons. The number of benzene rings is 1. The summed E-state index contributed by atoms with van der Waals surface area (Å²) in [5.41, 5.74) is 13.2. The van der Waals surface area contributed by atoms with E-state index in [1.54, 1.807) is 7.11 Å². The van der Waals surface area contributed by atoms with Crippen LogP contribution in [0, 0.1) is 0 Å². The molecule has 0 aliphatic carbocycles. The highest BCUT2D eigenvalue weighted by molar-refractivity contribution is 5.90. The quantitative estimate of drug-likeness (QED) is 0.523. The van der Waals surface area contributed by atoms with Crippen LogP contribution in [0.1, 0.15) is 18.4 Å². The van der Waals surface area contributed by atoms with Crippen molar-refractivity contribution in [1.82, 2.24) is 15.3 Å². The molecule has 1 unspecified atom stereocenters. The van der Waals surface area contributed by atoms with E-state index in [0.717, 1.165) is 42.6 Å². The largest absolute Gasteiger partial charge is 0.380 e. The lowest BCUT2D eigenvalue weighted by Gasteiger charge is -2.31. The van der Waals surface area contributed by atoms with Crippen LogP contribution in [0.25, 0.3) is 11.1 Å². The number of hydrogen-bond acceptors (Lipinski definition) is 5. The Morgan fingerprint density at radius 3 is 2.82 bits per heavy atom. The first-order valence-electron chi connectivity index (χ1n) is 9.11. The number of hydrogen-bond donors (Lipinski definition) is 3. The fourth-order valence-corrected chi connectivity index (χ4v) is 3.14. The van der Waals surface area contributed by atoms with Crippen LogP contribution in [-0.4, -0.2) is 48.3 Å². The summed E-state index contributed by atoms with van der Waals surface area (Å²) >= 11 is 0. The van der Waals surface area contributed by atoms with Crippen LogP contribution in [0.2, 0.25) is 0 Å². The molecule has 1 aliphatic rings. The number of urea groups is 1. The Morgan fingerprint density at radius 1 is 1.32 bits per heavy atom. The molecule has 1 atom stereocenters. The van der Waals surface area contributed by atoms with Gasteiger partial charge in [-0.15, -0.1) is 0 Å². The minimum atomic E-state index is -0.575. The molecule has 2 amide bonds. The third kappa shape index (κ3) is 5.17. The third-order valence-corrected chi connectivity index (χ3v) is 4.57. The summed E-state index contributed by atoms with van der Waals surface area (Å²) in [6.07, 6.45) is 5.99. The molecular formula is C19H25N7O2. The molecule has 9 nitrogen and oxygen atoms in total. The van der Waals surface area contributed by atoms with Gasteiger partial charge in [-0.05, 0) is 30.0 Å². The van der Waals surface area contributed by atoms with Gasteiger partial charge in [0, 0.05) is 44.7 Å². The molecule has 1 aliphatic heterocycles. The maximum atomic E-state index is 11.5. The van der Waals surface area contributed by atoms with Gasteiger partial charge in [-0.25, -0.2) is 14.8 Å². The smallest absolute Gasteiger partial charge is 0.344 e. The van der Waals surface area contributed by atoms with Gasteiger partial charge in [-0.1, -0.05) is 18.2 Å². The number of nitrogens with one attached hydrogen (secondary N) is 1. The molecule has 2 heterocycles. The maximum Gasteiger partial charge on any atom is 0.344 e. The van der Waals surface area contributed by atoms with Crippen molar-refractivity contribution >= 4 is 17.9 Å². The van der Waals surface area contributed by atoms with E-state index in [4.69, 9.17) is 16.2 Å². The highest BCUT2D eigenvalue weighted by atomic mass is 16.5. The molecule has 1 aromatic heterocycles. The second-order valence-corrected chi connectivity index (χ2v) is 6.61. The first-order valence-corrected chi connectivity index (χ1v) is 9.11. The first kappa shape index (κ1) is 19.6. The molecule has 28 heavy (non-hydrogen) atoms. The zero-order chi connectivity index (χ0) is 19.9. The fourth-order valence-electron chi connectivity index (χ4n) is 3.14. The van der Waals surface area contributed by atoms with E-state index in [2.05, 4.69) is 25.2 Å². The average molecular weight is 383 g/mol. The molecule has 0 spiro atoms. The Kier molecular flexibility index (Phi) is 6.38. The van der Waals surface area contributed by atoms with Crippen molar-refractivity contribution in [2.45, 2.75) is 25.5 Å². The summed E-state index contributed by atoms with van der Waals surface area (Å²) in [4.78, 5) is 26.2. The minimum Gasteiger partial charge on any atom is -0.380 e. The Morgan fingerprint density at radius 2 is 2.11 bits per heavy atom. The van der Waals surface area contributed by atoms with Crippen LogP contribution in [0.4, 0.5) is 10.7 Å². The molecule has 0 radical (unpaired) electrons. The zero-order valence-electron chi connectivity index (χ0n) is 15.8. The van der Waals surface area contributed by atoms with Crippen molar-refractivity contribution in [3.8, 4) is 11.1 Å². The topological polar surface area (TPSA) is 132 Å². The van der Waals surface area contributed by atoms with Crippen molar-refractivity contribution in [3.05, 3.63) is 42.2 Å². The summed E-state index contributed by atoms with van der Waals surface area (Å²) in [6.45, 7) is 2.06. The number of ether oxygens (including phenoxy) is 1. The molecular weight excluding hydrogens is 358 g/mol. The lowest BCUT2D eigenvalue weighted by atomic mass is 10.1. The second kappa shape index (κ2) is 9.14. The highest BCUT2D eigenvalue weighted by Crippen LogP contribution is 2.22. The molecule has 1 saturated heterocycles. The van der Waals surface area contributed by atoms with Gasteiger partial charge >= 0.3 is 6.03 Å². The number of nitrogens with two attached hydrogens (primary N) is 2. The number of guanidine groups is 1. The summed E-state index contributed by atoms with van der Waals surface area (Å²) in [7, 11) is 1.74. The van der Waals surface area contributed by atoms with Gasteiger partial charge in [0.15, 0.2) is 5.96 Å². The van der Waals surface area contributed by atoms with Gasteiger partial charge in [0.05, 0.1) is 6.10 Å². The molecule has 5 N–H and O–H groups in total. The van der Waals surface area contributed by atoms with E-state index in [0.29, 0.717) is 12.5 Å². The van der Waals surface area contributed by atoms with Gasteiger partial charge in [-0.2, -0.15) is 4.99 Å². The summed E-state index contributed by atoms with van der Waals surface area (Å²) in [6, 6.07) is 7.19. The number of carbonyl (C=O) groups is 1. The van der Waals surface area contributed by atoms with Crippen molar-refractivity contribution in [2.24, 2.45) is 16.5 Å². The molecule has 1 aromatic carbocycles. The molecule has 0 saturated carbocycles. The second-order valence-electron chi connectivity index (χ2n) is 6.61. The third-order valence-electron chi connectivity index (χ3n) is 4.57. The van der Waals surface area contributed by atoms with E-state index in [-0.39, 0.29) is 12.1 Å². The van der Waals surface area contributed by atoms with E-state index in [9.17, 15) is 4.79 Å². The van der Waals surface area contributed by atoms with Gasteiger partial charge in [-0.3, -0.25) is 0 Å². The number of piperidine rings is 1. The number of carbonyl (C=O) groups excluding carboxylic acids is 1. The summed E-state index contributed by atoms with van der Waals surface area (Å²) in [5, 5.41) is 2.63. The average Bonchev–Trinajstić information content (AvgIpc) is 2.72. The molecule has 1 fully saturated rings. The Bertz CT molecular complexity index is 834. The van der Waals surface area contributed by atoms with E-state index in [1.165, 1.54) is 0 Å². The lowest BCUT2D eigenvalue weighted by molar-refractivity contribution is 0.0889. The van der Waals surface area contributed by atoms with Crippen LogP contribution in [-0.2, 0) is 11.3 Å². The number of amides is 2. The predicted molar refractivity (Wildman–Crippen MR) is 108 cm³/mol. The fraction of sp³-hybridized carbons (Fsp3) is 0.368. The van der Waals surface area contributed by atoms with E-state index in [1.807, 2.05) is 36.7 Å². The van der Waals surface area contributed by atoms with Crippen LogP contribution in [0.3, 0.4) is 0 Å². The Labute approximate surface area is 163 Å². The minimum absolute atomic E-state index is 0.225. The number of aromatic nitrogens is 2. The van der Waals surface area contributed by atoms with Crippen molar-refractivity contribution < 1.29 is 9.53 Å². The van der Waals surface area contributed by atoms with E-state index < -0.39 is 6.03 Å². The number of rotatable bonds is 5. The van der Waals surface area contributed by atoms with Crippen LogP contribution in [0.15, 0.2) is 41.7 Å². The Hall–Kier alpha value is -3.20. The van der Waals surface area contributed by atoms with Gasteiger partial charge < -0.3 is 26.4 Å². The first-order chi connectivity index (χ1) is 13.5. The normalized spacial score (nSPS) is 16.5. The van der Waals surface area contributed by atoms with Crippen LogP contribution < -0.4 is 21.7 Å². The molecule has 2 aromatic rings. The summed E-state index contributed by atoms with van der Waals surface area (Å²) < 4.78 is 5.46. The number of aliphatic imine (C=N–C) groups is 1. The molecule has 0 bridgehead atoms. The standard InChI is InChI=1S/C19H25N7O2/c1-28-16-6-3-7-26(12-16)18-22-10-15(11-23-18)14-5-2-4-13(8-14)9-24-19(27)25-17(20)21/h2,4-5,8,10-11,16H,3,6-7,9,12H2,1H3,(H5,20,21,24,25,27). The van der Waals surface area contributed by atoms with Gasteiger partial charge in [0.1, 0.15) is 0 Å². The lowest BCUT2D eigenvalue weighted by Crippen LogP contribution is -2.40. The van der Waals surface area contributed by atoms with Crippen LogP contribution >= 0.6 is 0 Å². The molecule has 9 heteroatoms. The van der Waals surface area contributed by atoms with Gasteiger partial charge in [0.25, 0.3) is 0 Å². The zero-order valence-corrected chi connectivity index (χ0v) is 15.8. The SMILES string of the molecule is COC1CCCN(c2ncc(-c3cccc(CNC(=O)N=C(N)N)c3)cn2)C1.